The number of hydrogen-bond acceptors (Lipinski definition) is 5. The van der Waals surface area contributed by atoms with E-state index in [1.54, 1.807) is 19.5 Å². The van der Waals surface area contributed by atoms with Crippen molar-refractivity contribution < 1.29 is 14.3 Å². The van der Waals surface area contributed by atoms with Crippen LogP contribution >= 0.6 is 0 Å². The molecule has 2 aliphatic rings. The first-order valence-corrected chi connectivity index (χ1v) is 9.92. The van der Waals surface area contributed by atoms with Gasteiger partial charge in [-0.15, -0.1) is 0 Å². The van der Waals surface area contributed by atoms with Gasteiger partial charge in [0.1, 0.15) is 17.0 Å². The lowest BCUT2D eigenvalue weighted by Crippen LogP contribution is -2.16. The molecule has 2 aromatic rings. The lowest BCUT2D eigenvalue weighted by Gasteiger charge is -2.12. The van der Waals surface area contributed by atoms with Crippen molar-refractivity contribution >= 4 is 5.97 Å². The quantitative estimate of drug-likeness (QED) is 0.449. The molecule has 0 spiro atoms. The summed E-state index contributed by atoms with van der Waals surface area (Å²) in [5.41, 5.74) is 3.42. The van der Waals surface area contributed by atoms with Crippen LogP contribution in [0.25, 0.3) is 16.9 Å². The molecule has 0 radical (unpaired) electrons. The molecule has 0 N–H and O–H groups in total. The number of carbonyl (C=O) groups is 1. The average Bonchev–Trinajstić information content (AvgIpc) is 3.13. The Labute approximate surface area is 179 Å². The van der Waals surface area contributed by atoms with Gasteiger partial charge < -0.3 is 14.0 Å². The molecular weight excluding hydrogens is 394 g/mol. The molecule has 2 aromatic carbocycles. The van der Waals surface area contributed by atoms with E-state index in [4.69, 9.17) is 9.47 Å². The van der Waals surface area contributed by atoms with Gasteiger partial charge in [0.2, 0.25) is 0 Å². The summed E-state index contributed by atoms with van der Waals surface area (Å²) in [4.78, 5) is 25.6. The first-order valence-electron chi connectivity index (χ1n) is 9.92. The number of hydrogen-bond donors (Lipinski definition) is 0. The van der Waals surface area contributed by atoms with Crippen LogP contribution < -0.4 is 10.3 Å². The first-order chi connectivity index (χ1) is 15.0. The van der Waals surface area contributed by atoms with Crippen molar-refractivity contribution in [1.29, 1.82) is 0 Å². The van der Waals surface area contributed by atoms with Gasteiger partial charge in [-0.2, -0.15) is 9.78 Å². The highest BCUT2D eigenvalue weighted by atomic mass is 16.5. The normalized spacial score (nSPS) is 10.9. The topological polar surface area (TPSA) is 75.3 Å². The number of benzene rings is 2. The van der Waals surface area contributed by atoms with E-state index in [0.29, 0.717) is 23.5 Å². The van der Waals surface area contributed by atoms with Crippen LogP contribution in [0.3, 0.4) is 0 Å². The fraction of sp³-hybridized carbons (Fsp3) is 0.208. The molecule has 0 unspecified atom stereocenters. The molecule has 0 saturated carbocycles. The van der Waals surface area contributed by atoms with Crippen LogP contribution in [0.15, 0.2) is 65.7 Å². The molecule has 0 aromatic heterocycles. The van der Waals surface area contributed by atoms with Gasteiger partial charge in [0, 0.05) is 18.9 Å². The molecule has 31 heavy (non-hydrogen) atoms. The van der Waals surface area contributed by atoms with Gasteiger partial charge in [0.15, 0.2) is 0 Å². The number of aromatic nitrogens is 3. The van der Waals surface area contributed by atoms with Crippen molar-refractivity contribution in [3.63, 3.8) is 0 Å². The number of fused-ring (bicyclic) bond motifs is 1. The Morgan fingerprint density at radius 2 is 1.77 bits per heavy atom. The number of carbonyl (C=O) groups excluding carboxylic acids is 1. The second-order valence-corrected chi connectivity index (χ2v) is 7.27. The monoisotopic (exact) mass is 417 g/mol. The summed E-state index contributed by atoms with van der Waals surface area (Å²) in [6, 6.07) is 15.3. The van der Waals surface area contributed by atoms with Crippen LogP contribution in [-0.4, -0.2) is 34.5 Å². The number of nitrogens with zero attached hydrogens (tertiary/aromatic N) is 3. The molecule has 7 heteroatoms. The maximum atomic E-state index is 13.2. The zero-order valence-electron chi connectivity index (χ0n) is 17.7. The predicted octanol–water partition coefficient (Wildman–Crippen LogP) is 3.49. The number of esters is 1. The maximum absolute atomic E-state index is 13.2. The van der Waals surface area contributed by atoms with Crippen molar-refractivity contribution in [1.82, 2.24) is 14.3 Å². The number of pyridine rings is 1. The predicted molar refractivity (Wildman–Crippen MR) is 117 cm³/mol. The number of rotatable bonds is 6. The van der Waals surface area contributed by atoms with E-state index in [0.717, 1.165) is 23.3 Å². The molecule has 2 aliphatic heterocycles. The second-order valence-electron chi connectivity index (χ2n) is 7.27. The third-order valence-corrected chi connectivity index (χ3v) is 5.29. The van der Waals surface area contributed by atoms with E-state index in [9.17, 15) is 9.59 Å². The largest absolute Gasteiger partial charge is 0.497 e. The molecule has 0 amide bonds. The smallest absolute Gasteiger partial charge is 0.341 e. The van der Waals surface area contributed by atoms with Crippen LogP contribution in [0.1, 0.15) is 21.5 Å². The highest BCUT2D eigenvalue weighted by Crippen LogP contribution is 2.24. The highest BCUT2D eigenvalue weighted by molar-refractivity contribution is 5.96. The number of ether oxygens (including phenoxy) is 2. The van der Waals surface area contributed by atoms with Crippen LogP contribution in [0.4, 0.5) is 0 Å². The van der Waals surface area contributed by atoms with Gasteiger partial charge in [-0.3, -0.25) is 4.79 Å². The Balaban J connectivity index is 1.75. The zero-order valence-corrected chi connectivity index (χ0v) is 17.7. The Morgan fingerprint density at radius 3 is 2.45 bits per heavy atom. The number of aryl methyl sites for hydroxylation is 3. The van der Waals surface area contributed by atoms with E-state index >= 15 is 0 Å². The number of para-hydroxylation sites is 1. The SMILES string of the molecule is COC(=O)c1cn(CCc2ccc(OC)cc2)cc2c(=O)n(-c3ccccc3C)nc1-2. The van der Waals surface area contributed by atoms with Crippen molar-refractivity contribution in [3.05, 3.63) is 88.0 Å². The summed E-state index contributed by atoms with van der Waals surface area (Å²) in [6.45, 7) is 2.50. The number of methoxy groups -OCH3 is 2. The molecule has 0 aliphatic carbocycles. The summed E-state index contributed by atoms with van der Waals surface area (Å²) in [5, 5.41) is 4.47. The molecule has 4 rings (SSSR count). The van der Waals surface area contributed by atoms with Crippen LogP contribution in [0, 0.1) is 6.92 Å². The lowest BCUT2D eigenvalue weighted by molar-refractivity contribution is 0.0600. The second kappa shape index (κ2) is 8.47. The molecule has 7 nitrogen and oxygen atoms in total. The van der Waals surface area contributed by atoms with E-state index in [1.165, 1.54) is 11.8 Å². The minimum Gasteiger partial charge on any atom is -0.497 e. The van der Waals surface area contributed by atoms with E-state index in [2.05, 4.69) is 5.10 Å². The molecule has 158 valence electrons. The van der Waals surface area contributed by atoms with Gasteiger partial charge in [-0.1, -0.05) is 30.3 Å². The van der Waals surface area contributed by atoms with Crippen molar-refractivity contribution in [2.75, 3.05) is 14.2 Å². The summed E-state index contributed by atoms with van der Waals surface area (Å²) in [6.07, 6.45) is 4.16. The van der Waals surface area contributed by atoms with E-state index in [-0.39, 0.29) is 11.1 Å². The molecule has 0 fully saturated rings. The summed E-state index contributed by atoms with van der Waals surface area (Å²) in [7, 11) is 2.95. The molecular formula is C24H23N3O4. The van der Waals surface area contributed by atoms with Gasteiger partial charge in [-0.05, 0) is 42.7 Å². The summed E-state index contributed by atoms with van der Waals surface area (Å²) in [5.74, 6) is 0.267. The fourth-order valence-electron chi connectivity index (χ4n) is 3.56. The van der Waals surface area contributed by atoms with Gasteiger partial charge in [0.25, 0.3) is 5.56 Å². The minimum absolute atomic E-state index is 0.263. The molecule has 0 saturated heterocycles. The Hall–Kier alpha value is -3.87. The Bertz CT molecular complexity index is 1250. The standard InChI is InChI=1S/C24H23N3O4/c1-16-6-4-5-7-21(16)27-23(28)19-14-26(15-20(22(19)25-27)24(29)31-3)13-12-17-8-10-18(30-2)11-9-17/h4-11,14-15H,12-13H2,1-3H3. The Kier molecular flexibility index (Phi) is 5.58. The molecule has 0 atom stereocenters. The third kappa shape index (κ3) is 3.94. The van der Waals surface area contributed by atoms with Crippen LogP contribution in [-0.2, 0) is 17.7 Å². The summed E-state index contributed by atoms with van der Waals surface area (Å²) >= 11 is 0. The van der Waals surface area contributed by atoms with Crippen LogP contribution in [0.2, 0.25) is 0 Å². The first kappa shape index (κ1) is 20.4. The fourth-order valence-corrected chi connectivity index (χ4v) is 3.56. The van der Waals surface area contributed by atoms with Crippen molar-refractivity contribution in [3.8, 4) is 22.7 Å². The van der Waals surface area contributed by atoms with Crippen molar-refractivity contribution in [2.24, 2.45) is 0 Å². The van der Waals surface area contributed by atoms with Crippen LogP contribution in [0.5, 0.6) is 5.75 Å². The molecule has 2 heterocycles. The molecule has 0 bridgehead atoms. The Morgan fingerprint density at radius 1 is 1.03 bits per heavy atom. The van der Waals surface area contributed by atoms with E-state index < -0.39 is 5.97 Å². The van der Waals surface area contributed by atoms with Crippen molar-refractivity contribution in [2.45, 2.75) is 19.9 Å². The van der Waals surface area contributed by atoms with Gasteiger partial charge in [0.05, 0.1) is 25.5 Å². The highest BCUT2D eigenvalue weighted by Gasteiger charge is 2.25. The maximum Gasteiger partial charge on any atom is 0.341 e. The average molecular weight is 417 g/mol. The van der Waals surface area contributed by atoms with Gasteiger partial charge >= 0.3 is 5.97 Å². The summed E-state index contributed by atoms with van der Waals surface area (Å²) < 4.78 is 13.3. The van der Waals surface area contributed by atoms with Gasteiger partial charge in [-0.25, -0.2) is 4.79 Å². The zero-order chi connectivity index (χ0) is 22.0. The third-order valence-electron chi connectivity index (χ3n) is 5.29. The van der Waals surface area contributed by atoms with E-state index in [1.807, 2.05) is 60.0 Å². The lowest BCUT2D eigenvalue weighted by atomic mass is 10.1. The minimum atomic E-state index is -0.529.